The monoisotopic (exact) mass is 181 g/mol. The Morgan fingerprint density at radius 3 is 2.77 bits per heavy atom. The molecule has 1 atom stereocenters. The highest BCUT2D eigenvalue weighted by Crippen LogP contribution is 2.10. The van der Waals surface area contributed by atoms with Crippen LogP contribution in [0.25, 0.3) is 0 Å². The Kier molecular flexibility index (Phi) is 4.39. The minimum atomic E-state index is 0.0444. The van der Waals surface area contributed by atoms with Crippen LogP contribution in [-0.4, -0.2) is 18.2 Å². The summed E-state index contributed by atoms with van der Waals surface area (Å²) < 4.78 is 5.28. The molecule has 0 aliphatic heterocycles. The van der Waals surface area contributed by atoms with E-state index in [1.165, 1.54) is 0 Å². The maximum atomic E-state index is 5.40. The van der Waals surface area contributed by atoms with Gasteiger partial charge in [-0.2, -0.15) is 0 Å². The van der Waals surface area contributed by atoms with Gasteiger partial charge in [-0.25, -0.2) is 0 Å². The average Bonchev–Trinajstić information content (AvgIpc) is 2.21. The second-order valence-corrected chi connectivity index (χ2v) is 2.66. The molecular formula is C9H15N3O. The largest absolute Gasteiger partial charge is 0.380 e. The summed E-state index contributed by atoms with van der Waals surface area (Å²) in [7, 11) is 0. The minimum Gasteiger partial charge on any atom is -0.380 e. The molecule has 0 radical (unpaired) electrons. The molecule has 0 aliphatic rings. The fourth-order valence-corrected chi connectivity index (χ4v) is 1.07. The summed E-state index contributed by atoms with van der Waals surface area (Å²) in [5.74, 6) is 5.40. The number of hydrogen-bond donors (Lipinski definition) is 2. The molecule has 1 unspecified atom stereocenters. The van der Waals surface area contributed by atoms with Gasteiger partial charge in [0, 0.05) is 19.0 Å². The molecular weight excluding hydrogens is 166 g/mol. The second kappa shape index (κ2) is 5.64. The summed E-state index contributed by atoms with van der Waals surface area (Å²) in [4.78, 5) is 3.93. The molecule has 4 nitrogen and oxygen atoms in total. The van der Waals surface area contributed by atoms with E-state index in [2.05, 4.69) is 10.4 Å². The zero-order valence-corrected chi connectivity index (χ0v) is 7.73. The van der Waals surface area contributed by atoms with Crippen molar-refractivity contribution < 1.29 is 4.74 Å². The number of nitrogens with one attached hydrogen (secondary N) is 1. The van der Waals surface area contributed by atoms with Crippen molar-refractivity contribution in [2.75, 3.05) is 13.2 Å². The molecule has 1 aromatic rings. The number of hydrogen-bond acceptors (Lipinski definition) is 4. The summed E-state index contributed by atoms with van der Waals surface area (Å²) in [5, 5.41) is 0. The molecule has 0 fully saturated rings. The maximum absolute atomic E-state index is 5.40. The SMILES string of the molecule is CCOCC(NN)c1ccncc1. The van der Waals surface area contributed by atoms with Crippen molar-refractivity contribution >= 4 is 0 Å². The lowest BCUT2D eigenvalue weighted by Gasteiger charge is -2.15. The van der Waals surface area contributed by atoms with Crippen molar-refractivity contribution in [2.45, 2.75) is 13.0 Å². The van der Waals surface area contributed by atoms with Gasteiger partial charge in [0.25, 0.3) is 0 Å². The van der Waals surface area contributed by atoms with Crippen LogP contribution in [-0.2, 0) is 4.74 Å². The molecule has 3 N–H and O–H groups in total. The molecule has 0 aliphatic carbocycles. The number of aromatic nitrogens is 1. The van der Waals surface area contributed by atoms with E-state index in [9.17, 15) is 0 Å². The highest BCUT2D eigenvalue weighted by Gasteiger charge is 2.07. The molecule has 0 bridgehead atoms. The third-order valence-electron chi connectivity index (χ3n) is 1.80. The molecule has 1 heterocycles. The first-order valence-electron chi connectivity index (χ1n) is 4.32. The molecule has 0 saturated heterocycles. The van der Waals surface area contributed by atoms with Crippen LogP contribution in [0.3, 0.4) is 0 Å². The molecule has 13 heavy (non-hydrogen) atoms. The molecule has 1 rings (SSSR count). The Labute approximate surface area is 78.1 Å². The van der Waals surface area contributed by atoms with Crippen LogP contribution in [0.4, 0.5) is 0 Å². The smallest absolute Gasteiger partial charge is 0.0695 e. The Bertz CT molecular complexity index is 228. The lowest BCUT2D eigenvalue weighted by molar-refractivity contribution is 0.123. The number of rotatable bonds is 5. The third kappa shape index (κ3) is 3.10. The highest BCUT2D eigenvalue weighted by molar-refractivity contribution is 5.14. The van der Waals surface area contributed by atoms with Gasteiger partial charge < -0.3 is 4.74 Å². The van der Waals surface area contributed by atoms with E-state index in [0.29, 0.717) is 13.2 Å². The van der Waals surface area contributed by atoms with Gasteiger partial charge in [0.1, 0.15) is 0 Å². The Balaban J connectivity index is 2.56. The van der Waals surface area contributed by atoms with Gasteiger partial charge >= 0.3 is 0 Å². The molecule has 1 aromatic heterocycles. The van der Waals surface area contributed by atoms with Crippen LogP contribution in [0.1, 0.15) is 18.5 Å². The Hall–Kier alpha value is -0.970. The number of ether oxygens (including phenoxy) is 1. The fourth-order valence-electron chi connectivity index (χ4n) is 1.07. The lowest BCUT2D eigenvalue weighted by Crippen LogP contribution is -2.31. The normalized spacial score (nSPS) is 12.8. The average molecular weight is 181 g/mol. The van der Waals surface area contributed by atoms with Crippen molar-refractivity contribution in [1.29, 1.82) is 0 Å². The van der Waals surface area contributed by atoms with Crippen LogP contribution >= 0.6 is 0 Å². The first-order valence-corrected chi connectivity index (χ1v) is 4.32. The van der Waals surface area contributed by atoms with E-state index in [1.807, 2.05) is 19.1 Å². The van der Waals surface area contributed by atoms with E-state index in [-0.39, 0.29) is 6.04 Å². The molecule has 0 amide bonds. The first-order chi connectivity index (χ1) is 6.38. The summed E-state index contributed by atoms with van der Waals surface area (Å²) in [5.41, 5.74) is 3.79. The number of nitrogens with zero attached hydrogens (tertiary/aromatic N) is 1. The molecule has 4 heteroatoms. The van der Waals surface area contributed by atoms with E-state index < -0.39 is 0 Å². The molecule has 0 saturated carbocycles. The third-order valence-corrected chi connectivity index (χ3v) is 1.80. The summed E-state index contributed by atoms with van der Waals surface area (Å²) in [6.07, 6.45) is 3.48. The van der Waals surface area contributed by atoms with E-state index in [1.54, 1.807) is 12.4 Å². The van der Waals surface area contributed by atoms with Gasteiger partial charge in [-0.1, -0.05) is 0 Å². The van der Waals surface area contributed by atoms with Crippen molar-refractivity contribution in [2.24, 2.45) is 5.84 Å². The van der Waals surface area contributed by atoms with Gasteiger partial charge in [0.2, 0.25) is 0 Å². The van der Waals surface area contributed by atoms with Crippen LogP contribution in [0.15, 0.2) is 24.5 Å². The topological polar surface area (TPSA) is 60.2 Å². The Morgan fingerprint density at radius 2 is 2.23 bits per heavy atom. The van der Waals surface area contributed by atoms with Crippen LogP contribution in [0.5, 0.6) is 0 Å². The molecule has 0 spiro atoms. The maximum Gasteiger partial charge on any atom is 0.0695 e. The van der Waals surface area contributed by atoms with Gasteiger partial charge in [0.05, 0.1) is 12.6 Å². The first kappa shape index (κ1) is 10.1. The standard InChI is InChI=1S/C9H15N3O/c1-2-13-7-9(12-10)8-3-5-11-6-4-8/h3-6,9,12H,2,7,10H2,1H3. The zero-order valence-electron chi connectivity index (χ0n) is 7.73. The number of pyridine rings is 1. The van der Waals surface area contributed by atoms with Crippen molar-refractivity contribution in [3.05, 3.63) is 30.1 Å². The number of hydrazine groups is 1. The quantitative estimate of drug-likeness (QED) is 0.516. The predicted molar refractivity (Wildman–Crippen MR) is 50.8 cm³/mol. The van der Waals surface area contributed by atoms with E-state index in [0.717, 1.165) is 5.56 Å². The summed E-state index contributed by atoms with van der Waals surface area (Å²) >= 11 is 0. The van der Waals surface area contributed by atoms with Gasteiger partial charge in [-0.05, 0) is 24.6 Å². The highest BCUT2D eigenvalue weighted by atomic mass is 16.5. The summed E-state index contributed by atoms with van der Waals surface area (Å²) in [6, 6.07) is 3.88. The van der Waals surface area contributed by atoms with Crippen LogP contribution in [0, 0.1) is 0 Å². The predicted octanol–water partition coefficient (Wildman–Crippen LogP) is 0.622. The van der Waals surface area contributed by atoms with Crippen LogP contribution < -0.4 is 11.3 Å². The summed E-state index contributed by atoms with van der Waals surface area (Å²) in [6.45, 7) is 3.24. The number of nitrogens with two attached hydrogens (primary N) is 1. The van der Waals surface area contributed by atoms with Crippen molar-refractivity contribution in [3.63, 3.8) is 0 Å². The molecule has 0 aromatic carbocycles. The fraction of sp³-hybridized carbons (Fsp3) is 0.444. The van der Waals surface area contributed by atoms with Gasteiger partial charge in [-0.15, -0.1) is 0 Å². The van der Waals surface area contributed by atoms with Crippen molar-refractivity contribution in [3.8, 4) is 0 Å². The minimum absolute atomic E-state index is 0.0444. The Morgan fingerprint density at radius 1 is 1.54 bits per heavy atom. The second-order valence-electron chi connectivity index (χ2n) is 2.66. The van der Waals surface area contributed by atoms with E-state index in [4.69, 9.17) is 10.6 Å². The van der Waals surface area contributed by atoms with Crippen molar-refractivity contribution in [1.82, 2.24) is 10.4 Å². The molecule has 72 valence electrons. The zero-order chi connectivity index (χ0) is 9.52. The van der Waals surface area contributed by atoms with Gasteiger partial charge in [-0.3, -0.25) is 16.3 Å². The van der Waals surface area contributed by atoms with E-state index >= 15 is 0 Å². The van der Waals surface area contributed by atoms with Crippen LogP contribution in [0.2, 0.25) is 0 Å². The van der Waals surface area contributed by atoms with Gasteiger partial charge in [0.15, 0.2) is 0 Å². The lowest BCUT2D eigenvalue weighted by atomic mass is 10.1.